The van der Waals surface area contributed by atoms with E-state index in [4.69, 9.17) is 5.11 Å². The highest BCUT2D eigenvalue weighted by Gasteiger charge is 2.29. The summed E-state index contributed by atoms with van der Waals surface area (Å²) in [5, 5.41) is 21.4. The van der Waals surface area contributed by atoms with Crippen LogP contribution in [0.5, 0.6) is 0 Å². The number of aliphatic carboxylic acids is 1. The number of halogens is 1. The molecule has 2 aromatic heterocycles. The second-order valence-corrected chi connectivity index (χ2v) is 5.23. The number of pyridine rings is 2. The number of nitrogens with one attached hydrogen (secondary N) is 1. The van der Waals surface area contributed by atoms with Crippen LogP contribution in [0.1, 0.15) is 6.92 Å². The molecule has 0 aliphatic carbocycles. The summed E-state index contributed by atoms with van der Waals surface area (Å²) < 4.78 is 0.808. The third kappa shape index (κ3) is 2.99. The fourth-order valence-corrected chi connectivity index (χ4v) is 1.81. The van der Waals surface area contributed by atoms with E-state index in [0.717, 1.165) is 4.47 Å². The van der Waals surface area contributed by atoms with Crippen molar-refractivity contribution in [3.05, 3.63) is 29.0 Å². The third-order valence-corrected chi connectivity index (χ3v) is 3.06. The molecule has 2 rings (SSSR count). The Labute approximate surface area is 117 Å². The molecule has 0 spiro atoms. The zero-order valence-electron chi connectivity index (χ0n) is 10.1. The average molecular weight is 326 g/mol. The molecule has 6 nitrogen and oxygen atoms in total. The van der Waals surface area contributed by atoms with Gasteiger partial charge in [0.05, 0.1) is 17.7 Å². The first kappa shape index (κ1) is 13.7. The van der Waals surface area contributed by atoms with E-state index >= 15 is 0 Å². The second-order valence-electron chi connectivity index (χ2n) is 4.31. The summed E-state index contributed by atoms with van der Waals surface area (Å²) >= 11 is 3.31. The van der Waals surface area contributed by atoms with Crippen LogP contribution in [0.15, 0.2) is 29.0 Å². The summed E-state index contributed by atoms with van der Waals surface area (Å²) in [6.45, 7) is 1.11. The van der Waals surface area contributed by atoms with Gasteiger partial charge in [-0.05, 0) is 35.0 Å². The van der Waals surface area contributed by atoms with Gasteiger partial charge in [-0.15, -0.1) is 0 Å². The Morgan fingerprint density at radius 2 is 2.26 bits per heavy atom. The Balaban J connectivity index is 2.29. The van der Waals surface area contributed by atoms with E-state index in [2.05, 4.69) is 31.2 Å². The van der Waals surface area contributed by atoms with E-state index in [1.54, 1.807) is 18.5 Å². The van der Waals surface area contributed by atoms with Crippen LogP contribution in [0.4, 0.5) is 5.69 Å². The predicted molar refractivity (Wildman–Crippen MR) is 74.0 cm³/mol. The largest absolute Gasteiger partial charge is 0.479 e. The quantitative estimate of drug-likeness (QED) is 0.791. The summed E-state index contributed by atoms with van der Waals surface area (Å²) in [7, 11) is 0. The molecule has 7 heteroatoms. The van der Waals surface area contributed by atoms with Gasteiger partial charge in [0.15, 0.2) is 5.60 Å². The van der Waals surface area contributed by atoms with E-state index in [1.165, 1.54) is 6.92 Å². The number of hydrogen-bond acceptors (Lipinski definition) is 5. The van der Waals surface area contributed by atoms with Gasteiger partial charge in [-0.3, -0.25) is 9.97 Å². The van der Waals surface area contributed by atoms with Crippen molar-refractivity contribution in [1.82, 2.24) is 9.97 Å². The summed E-state index contributed by atoms with van der Waals surface area (Å²) in [6, 6.07) is 3.49. The van der Waals surface area contributed by atoms with Gasteiger partial charge in [0.2, 0.25) is 0 Å². The molecule has 19 heavy (non-hydrogen) atoms. The molecule has 0 amide bonds. The zero-order chi connectivity index (χ0) is 14.0. The van der Waals surface area contributed by atoms with Crippen molar-refractivity contribution in [2.45, 2.75) is 12.5 Å². The highest BCUT2D eigenvalue weighted by atomic mass is 79.9. The minimum atomic E-state index is -1.84. The molecule has 2 heterocycles. The lowest BCUT2D eigenvalue weighted by molar-refractivity contribution is -0.155. The molecule has 0 radical (unpaired) electrons. The van der Waals surface area contributed by atoms with Crippen LogP contribution >= 0.6 is 15.9 Å². The highest BCUT2D eigenvalue weighted by Crippen LogP contribution is 2.22. The first-order valence-corrected chi connectivity index (χ1v) is 6.29. The van der Waals surface area contributed by atoms with Crippen LogP contribution in [0.2, 0.25) is 0 Å². The molecule has 0 fully saturated rings. The Bertz CT molecular complexity index is 631. The first-order chi connectivity index (χ1) is 8.90. The number of carboxylic acids is 1. The monoisotopic (exact) mass is 325 g/mol. The van der Waals surface area contributed by atoms with Gasteiger partial charge in [-0.1, -0.05) is 0 Å². The van der Waals surface area contributed by atoms with Gasteiger partial charge in [0.25, 0.3) is 0 Å². The normalized spacial score (nSPS) is 14.1. The summed E-state index contributed by atoms with van der Waals surface area (Å²) in [5.41, 5.74) is 0.0746. The first-order valence-electron chi connectivity index (χ1n) is 5.50. The SMILES string of the molecule is CC(O)(CNc1ccnc2cc(Br)cnc12)C(=O)O. The van der Waals surface area contributed by atoms with Crippen molar-refractivity contribution in [1.29, 1.82) is 0 Å². The number of anilines is 1. The smallest absolute Gasteiger partial charge is 0.337 e. The van der Waals surface area contributed by atoms with Gasteiger partial charge in [-0.2, -0.15) is 0 Å². The number of fused-ring (bicyclic) bond motifs is 1. The van der Waals surface area contributed by atoms with Gasteiger partial charge >= 0.3 is 5.97 Å². The summed E-state index contributed by atoms with van der Waals surface area (Å²) in [5.74, 6) is -1.28. The zero-order valence-corrected chi connectivity index (χ0v) is 11.7. The molecule has 1 atom stereocenters. The lowest BCUT2D eigenvalue weighted by atomic mass is 10.1. The van der Waals surface area contributed by atoms with Crippen molar-refractivity contribution in [3.8, 4) is 0 Å². The molecule has 0 saturated carbocycles. The van der Waals surface area contributed by atoms with Crippen molar-refractivity contribution in [2.75, 3.05) is 11.9 Å². The Morgan fingerprint density at radius 3 is 2.95 bits per heavy atom. The van der Waals surface area contributed by atoms with E-state index in [1.807, 2.05) is 6.07 Å². The Kier molecular flexibility index (Phi) is 3.68. The van der Waals surface area contributed by atoms with Crippen molar-refractivity contribution in [2.24, 2.45) is 0 Å². The number of aliphatic hydroxyl groups is 1. The molecule has 0 aliphatic heterocycles. The second kappa shape index (κ2) is 5.10. The van der Waals surface area contributed by atoms with Gasteiger partial charge in [0, 0.05) is 16.9 Å². The highest BCUT2D eigenvalue weighted by molar-refractivity contribution is 9.10. The standard InChI is InChI=1S/C12H12BrN3O3/c1-12(19,11(17)18)6-16-8-2-3-14-9-4-7(13)5-15-10(8)9/h2-5,19H,6H2,1H3,(H,14,16)(H,17,18). The molecule has 2 aromatic rings. The van der Waals surface area contributed by atoms with Crippen molar-refractivity contribution >= 4 is 38.6 Å². The summed E-state index contributed by atoms with van der Waals surface area (Å²) in [6.07, 6.45) is 3.22. The van der Waals surface area contributed by atoms with E-state index in [9.17, 15) is 9.90 Å². The topological polar surface area (TPSA) is 95.3 Å². The van der Waals surface area contributed by atoms with Crippen LogP contribution in [0.25, 0.3) is 11.0 Å². The maximum Gasteiger partial charge on any atom is 0.337 e. The average Bonchev–Trinajstić information content (AvgIpc) is 2.35. The van der Waals surface area contributed by atoms with Crippen molar-refractivity contribution < 1.29 is 15.0 Å². The lowest BCUT2D eigenvalue weighted by Gasteiger charge is -2.19. The number of carbonyl (C=O) groups is 1. The molecular formula is C12H12BrN3O3. The number of aromatic nitrogens is 2. The van der Waals surface area contributed by atoms with Gasteiger partial charge in [0.1, 0.15) is 5.52 Å². The van der Waals surface area contributed by atoms with Crippen LogP contribution < -0.4 is 5.32 Å². The maximum absolute atomic E-state index is 10.8. The third-order valence-electron chi connectivity index (χ3n) is 2.63. The fraction of sp³-hybridized carbons (Fsp3) is 0.250. The molecule has 0 saturated heterocycles. The van der Waals surface area contributed by atoms with Crippen LogP contribution in [-0.2, 0) is 4.79 Å². The Morgan fingerprint density at radius 1 is 1.53 bits per heavy atom. The fourth-order valence-electron chi connectivity index (χ4n) is 1.49. The minimum absolute atomic E-state index is 0.126. The molecule has 0 bridgehead atoms. The maximum atomic E-state index is 10.8. The van der Waals surface area contributed by atoms with Gasteiger partial charge < -0.3 is 15.5 Å². The predicted octanol–water partition coefficient (Wildman–Crippen LogP) is 1.64. The lowest BCUT2D eigenvalue weighted by Crippen LogP contribution is -2.41. The number of carboxylic acid groups (broad SMARTS) is 1. The number of rotatable bonds is 4. The van der Waals surface area contributed by atoms with Crippen LogP contribution in [0, 0.1) is 0 Å². The van der Waals surface area contributed by atoms with E-state index < -0.39 is 11.6 Å². The van der Waals surface area contributed by atoms with Crippen LogP contribution in [-0.4, -0.2) is 38.3 Å². The molecule has 0 aromatic carbocycles. The minimum Gasteiger partial charge on any atom is -0.479 e. The van der Waals surface area contributed by atoms with E-state index in [0.29, 0.717) is 16.7 Å². The molecule has 0 aliphatic rings. The summed E-state index contributed by atoms with van der Waals surface area (Å²) in [4.78, 5) is 19.2. The molecule has 100 valence electrons. The van der Waals surface area contributed by atoms with Crippen LogP contribution in [0.3, 0.4) is 0 Å². The number of hydrogen-bond donors (Lipinski definition) is 3. The molecule has 1 unspecified atom stereocenters. The van der Waals surface area contributed by atoms with E-state index in [-0.39, 0.29) is 6.54 Å². The molecular weight excluding hydrogens is 314 g/mol. The Hall–Kier alpha value is -1.73. The number of nitrogens with zero attached hydrogens (tertiary/aromatic N) is 2. The van der Waals surface area contributed by atoms with Gasteiger partial charge in [-0.25, -0.2) is 4.79 Å². The molecule has 3 N–H and O–H groups in total. The van der Waals surface area contributed by atoms with Crippen molar-refractivity contribution in [3.63, 3.8) is 0 Å².